The van der Waals surface area contributed by atoms with Crippen LogP contribution in [0.1, 0.15) is 24.8 Å². The number of aryl methyl sites for hydroxylation is 1. The molecule has 138 valence electrons. The highest BCUT2D eigenvalue weighted by Gasteiger charge is 2.28. The number of nitrogens with zero attached hydrogens (tertiary/aromatic N) is 1. The molecule has 0 radical (unpaired) electrons. The molecule has 3 N–H and O–H groups in total. The number of rotatable bonds is 5. The van der Waals surface area contributed by atoms with Gasteiger partial charge in [-0.3, -0.25) is 4.79 Å². The van der Waals surface area contributed by atoms with Crippen LogP contribution in [0.15, 0.2) is 18.2 Å². The molecule has 2 atom stereocenters. The highest BCUT2D eigenvalue weighted by atomic mass is 35.5. The lowest BCUT2D eigenvalue weighted by molar-refractivity contribution is -0.124. The van der Waals surface area contributed by atoms with E-state index in [0.29, 0.717) is 25.7 Å². The maximum atomic E-state index is 12.3. The normalized spacial score (nSPS) is 22.8. The number of carbonyl (C=O) groups is 1. The van der Waals surface area contributed by atoms with E-state index in [1.807, 2.05) is 12.1 Å². The van der Waals surface area contributed by atoms with Gasteiger partial charge in [-0.1, -0.05) is 17.7 Å². The molecule has 1 amide bonds. The van der Waals surface area contributed by atoms with Crippen LogP contribution in [-0.4, -0.2) is 44.8 Å². The summed E-state index contributed by atoms with van der Waals surface area (Å²) in [6, 6.07) is 5.58. The monoisotopic (exact) mass is 365 g/mol. The zero-order valence-corrected chi connectivity index (χ0v) is 15.6. The summed E-state index contributed by atoms with van der Waals surface area (Å²) in [5.74, 6) is 0.663. The van der Waals surface area contributed by atoms with Crippen molar-refractivity contribution in [2.45, 2.75) is 32.2 Å². The van der Waals surface area contributed by atoms with E-state index in [0.717, 1.165) is 37.4 Å². The molecule has 0 bridgehead atoms. The topological polar surface area (TPSA) is 67.6 Å². The van der Waals surface area contributed by atoms with E-state index in [4.69, 9.17) is 22.1 Å². The molecule has 0 saturated carbocycles. The summed E-state index contributed by atoms with van der Waals surface area (Å²) < 4.78 is 5.34. The fourth-order valence-electron chi connectivity index (χ4n) is 3.79. The highest BCUT2D eigenvalue weighted by molar-refractivity contribution is 6.30. The first-order chi connectivity index (χ1) is 12.0. The predicted octanol–water partition coefficient (Wildman–Crippen LogP) is 2.34. The number of carbonyl (C=O) groups excluding carboxylic acids is 1. The molecule has 6 heteroatoms. The summed E-state index contributed by atoms with van der Waals surface area (Å²) in [6.45, 7) is 6.14. The van der Waals surface area contributed by atoms with Crippen molar-refractivity contribution < 1.29 is 9.53 Å². The summed E-state index contributed by atoms with van der Waals surface area (Å²) in [7, 11) is 0. The molecule has 0 aliphatic carbocycles. The van der Waals surface area contributed by atoms with Crippen molar-refractivity contribution in [3.05, 3.63) is 28.8 Å². The Morgan fingerprint density at radius 1 is 1.40 bits per heavy atom. The van der Waals surface area contributed by atoms with Crippen LogP contribution in [0.4, 0.5) is 5.69 Å². The van der Waals surface area contributed by atoms with E-state index in [2.05, 4.69) is 23.2 Å². The molecular weight excluding hydrogens is 338 g/mol. The number of hydrogen-bond acceptors (Lipinski definition) is 4. The van der Waals surface area contributed by atoms with E-state index in [9.17, 15) is 4.79 Å². The van der Waals surface area contributed by atoms with Gasteiger partial charge in [-0.15, -0.1) is 0 Å². The molecule has 2 fully saturated rings. The molecule has 25 heavy (non-hydrogen) atoms. The summed E-state index contributed by atoms with van der Waals surface area (Å²) in [5.41, 5.74) is 8.57. The van der Waals surface area contributed by atoms with Crippen molar-refractivity contribution in [1.29, 1.82) is 0 Å². The molecule has 0 aromatic heterocycles. The average Bonchev–Trinajstić information content (AvgIpc) is 3.10. The number of benzene rings is 1. The van der Waals surface area contributed by atoms with Crippen LogP contribution in [0.5, 0.6) is 0 Å². The first-order valence-corrected chi connectivity index (χ1v) is 9.54. The van der Waals surface area contributed by atoms with Crippen molar-refractivity contribution in [3.63, 3.8) is 0 Å². The Balaban J connectivity index is 1.48. The van der Waals surface area contributed by atoms with E-state index < -0.39 is 6.04 Å². The largest absolute Gasteiger partial charge is 0.381 e. The van der Waals surface area contributed by atoms with Crippen LogP contribution >= 0.6 is 11.6 Å². The number of halogens is 1. The van der Waals surface area contributed by atoms with Crippen molar-refractivity contribution >= 4 is 23.2 Å². The zero-order chi connectivity index (χ0) is 17.8. The van der Waals surface area contributed by atoms with Gasteiger partial charge in [0.2, 0.25) is 5.91 Å². The lowest BCUT2D eigenvalue weighted by Gasteiger charge is -2.27. The second kappa shape index (κ2) is 8.39. The number of nitrogens with two attached hydrogens (primary N) is 1. The minimum Gasteiger partial charge on any atom is -0.381 e. The third-order valence-corrected chi connectivity index (χ3v) is 5.67. The standard InChI is InChI=1S/C19H28ClN3O2/c1-13-2-3-16(20)10-17(13)23-7-4-14(12-23)11-22-19(24)18(21)15-5-8-25-9-6-15/h2-3,10,14-15,18H,4-9,11-12,21H2,1H3,(H,22,24). The number of nitrogens with one attached hydrogen (secondary N) is 1. The Kier molecular flexibility index (Phi) is 6.20. The summed E-state index contributed by atoms with van der Waals surface area (Å²) in [6.07, 6.45) is 2.82. The van der Waals surface area contributed by atoms with Gasteiger partial charge in [0.15, 0.2) is 0 Å². The summed E-state index contributed by atoms with van der Waals surface area (Å²) in [4.78, 5) is 14.7. The van der Waals surface area contributed by atoms with Gasteiger partial charge in [0.1, 0.15) is 0 Å². The second-order valence-electron chi connectivity index (χ2n) is 7.25. The molecule has 2 aliphatic rings. The molecule has 2 saturated heterocycles. The summed E-state index contributed by atoms with van der Waals surface area (Å²) >= 11 is 6.14. The molecule has 3 rings (SSSR count). The van der Waals surface area contributed by atoms with Crippen LogP contribution < -0.4 is 16.0 Å². The maximum absolute atomic E-state index is 12.3. The second-order valence-corrected chi connectivity index (χ2v) is 7.69. The Morgan fingerprint density at radius 2 is 2.16 bits per heavy atom. The van der Waals surface area contributed by atoms with Gasteiger partial charge < -0.3 is 20.7 Å². The third kappa shape index (κ3) is 4.66. The number of amides is 1. The van der Waals surface area contributed by atoms with Crippen LogP contribution in [0.2, 0.25) is 5.02 Å². The first-order valence-electron chi connectivity index (χ1n) is 9.16. The van der Waals surface area contributed by atoms with Crippen LogP contribution in [0, 0.1) is 18.8 Å². The van der Waals surface area contributed by atoms with E-state index in [-0.39, 0.29) is 11.8 Å². The Morgan fingerprint density at radius 3 is 2.92 bits per heavy atom. The molecule has 2 unspecified atom stereocenters. The number of anilines is 1. The maximum Gasteiger partial charge on any atom is 0.237 e. The lowest BCUT2D eigenvalue weighted by Crippen LogP contribution is -2.48. The van der Waals surface area contributed by atoms with Gasteiger partial charge in [0.05, 0.1) is 6.04 Å². The van der Waals surface area contributed by atoms with Crippen molar-refractivity contribution in [1.82, 2.24) is 5.32 Å². The average molecular weight is 366 g/mol. The van der Waals surface area contributed by atoms with Crippen molar-refractivity contribution in [2.75, 3.05) is 37.7 Å². The van der Waals surface area contributed by atoms with Crippen LogP contribution in [-0.2, 0) is 9.53 Å². The van der Waals surface area contributed by atoms with Crippen LogP contribution in [0.3, 0.4) is 0 Å². The van der Waals surface area contributed by atoms with Crippen molar-refractivity contribution in [3.8, 4) is 0 Å². The fourth-order valence-corrected chi connectivity index (χ4v) is 3.96. The van der Waals surface area contributed by atoms with Gasteiger partial charge in [0, 0.05) is 43.6 Å². The SMILES string of the molecule is Cc1ccc(Cl)cc1N1CCC(CNC(=O)C(N)C2CCOCC2)C1. The minimum absolute atomic E-state index is 0.0238. The molecule has 0 spiro atoms. The van der Waals surface area contributed by atoms with Gasteiger partial charge in [-0.05, 0) is 55.7 Å². The molecule has 1 aromatic rings. The molecule has 5 nitrogen and oxygen atoms in total. The van der Waals surface area contributed by atoms with Crippen molar-refractivity contribution in [2.24, 2.45) is 17.6 Å². The molecule has 1 aromatic carbocycles. The Labute approximate surface area is 154 Å². The zero-order valence-electron chi connectivity index (χ0n) is 14.8. The molecule has 2 heterocycles. The van der Waals surface area contributed by atoms with E-state index in [1.165, 1.54) is 11.3 Å². The highest BCUT2D eigenvalue weighted by Crippen LogP contribution is 2.29. The van der Waals surface area contributed by atoms with Gasteiger partial charge in [0.25, 0.3) is 0 Å². The molecule has 2 aliphatic heterocycles. The van der Waals surface area contributed by atoms with Gasteiger partial charge >= 0.3 is 0 Å². The predicted molar refractivity (Wildman–Crippen MR) is 101 cm³/mol. The molecular formula is C19H28ClN3O2. The van der Waals surface area contributed by atoms with Gasteiger partial charge in [-0.2, -0.15) is 0 Å². The number of ether oxygens (including phenoxy) is 1. The quantitative estimate of drug-likeness (QED) is 0.840. The fraction of sp³-hybridized carbons (Fsp3) is 0.632. The smallest absolute Gasteiger partial charge is 0.237 e. The third-order valence-electron chi connectivity index (χ3n) is 5.44. The van der Waals surface area contributed by atoms with E-state index >= 15 is 0 Å². The minimum atomic E-state index is -0.420. The van der Waals surface area contributed by atoms with Gasteiger partial charge in [-0.25, -0.2) is 0 Å². The Hall–Kier alpha value is -1.30. The summed E-state index contributed by atoms with van der Waals surface area (Å²) in [5, 5.41) is 3.83. The first kappa shape index (κ1) is 18.5. The van der Waals surface area contributed by atoms with Crippen LogP contribution in [0.25, 0.3) is 0 Å². The Bertz CT molecular complexity index is 604. The number of hydrogen-bond donors (Lipinski definition) is 2. The van der Waals surface area contributed by atoms with E-state index in [1.54, 1.807) is 0 Å². The lowest BCUT2D eigenvalue weighted by atomic mass is 9.92.